The fourth-order valence-corrected chi connectivity index (χ4v) is 2.40. The normalized spacial score (nSPS) is 13.5. The Bertz CT molecular complexity index is 679. The van der Waals surface area contributed by atoms with Crippen molar-refractivity contribution in [2.45, 2.75) is 6.42 Å². The number of nitrogens with one attached hydrogen (secondary N) is 1. The average Bonchev–Trinajstić information content (AvgIpc) is 2.53. The topological polar surface area (TPSA) is 61.2 Å². The highest BCUT2D eigenvalue weighted by Crippen LogP contribution is 2.35. The number of benzene rings is 2. The summed E-state index contributed by atoms with van der Waals surface area (Å²) in [6.45, 7) is 0. The van der Waals surface area contributed by atoms with Gasteiger partial charge in [-0.05, 0) is 23.8 Å². The molecule has 0 saturated carbocycles. The maximum atomic E-state index is 12.2. The summed E-state index contributed by atoms with van der Waals surface area (Å²) in [4.78, 5) is 25.2. The molecule has 0 saturated heterocycles. The molecular weight excluding hydrogens is 240 g/mol. The molecule has 1 aliphatic rings. The molecule has 0 fully saturated rings. The van der Waals surface area contributed by atoms with Gasteiger partial charge in [0.05, 0.1) is 11.4 Å². The van der Waals surface area contributed by atoms with Crippen LogP contribution in [0.15, 0.2) is 48.5 Å². The summed E-state index contributed by atoms with van der Waals surface area (Å²) in [6.07, 6.45) is 0.247. The van der Waals surface area contributed by atoms with Gasteiger partial charge >= 0.3 is 6.03 Å². The molecule has 2 aromatic rings. The molecule has 3 rings (SSSR count). The smallest absolute Gasteiger partial charge is 0.294 e. The molecule has 2 aromatic carbocycles. The number of urea groups is 1. The predicted molar refractivity (Wildman–Crippen MR) is 71.6 cm³/mol. The quantitative estimate of drug-likeness (QED) is 0.722. The minimum atomic E-state index is -0.838. The van der Waals surface area contributed by atoms with E-state index in [1.54, 1.807) is 36.4 Å². The molecule has 1 N–H and O–H groups in total. The standard InChI is InChI=1S/C15H11N2O2/c16-15(19)17-12-7-3-1-5-10(12)9-14(18)11-6-2-4-8-13(11)17/h1-8,16H,9H2. The molecule has 1 radical (unpaired) electrons. The lowest BCUT2D eigenvalue weighted by Gasteiger charge is -2.21. The van der Waals surface area contributed by atoms with Crippen LogP contribution in [0.25, 0.3) is 0 Å². The van der Waals surface area contributed by atoms with E-state index >= 15 is 0 Å². The number of rotatable bonds is 0. The first-order valence-electron chi connectivity index (χ1n) is 5.94. The third-order valence-corrected chi connectivity index (χ3v) is 3.23. The second-order valence-electron chi connectivity index (χ2n) is 4.39. The van der Waals surface area contributed by atoms with Crippen LogP contribution in [-0.2, 0) is 6.42 Å². The molecule has 0 bridgehead atoms. The molecule has 0 atom stereocenters. The molecule has 4 heteroatoms. The molecule has 0 spiro atoms. The van der Waals surface area contributed by atoms with Crippen LogP contribution in [0.4, 0.5) is 16.2 Å². The van der Waals surface area contributed by atoms with Gasteiger partial charge in [-0.2, -0.15) is 0 Å². The number of hydrogen-bond donors (Lipinski definition) is 0. The van der Waals surface area contributed by atoms with Crippen molar-refractivity contribution in [2.75, 3.05) is 4.90 Å². The van der Waals surface area contributed by atoms with Gasteiger partial charge in [0.15, 0.2) is 5.78 Å². The van der Waals surface area contributed by atoms with E-state index in [0.717, 1.165) is 5.56 Å². The Kier molecular flexibility index (Phi) is 2.56. The van der Waals surface area contributed by atoms with E-state index in [1.165, 1.54) is 4.90 Å². The number of carbonyl (C=O) groups excluding carboxylic acids is 2. The van der Waals surface area contributed by atoms with E-state index < -0.39 is 6.03 Å². The van der Waals surface area contributed by atoms with Gasteiger partial charge in [-0.3, -0.25) is 9.69 Å². The van der Waals surface area contributed by atoms with Crippen molar-refractivity contribution in [1.82, 2.24) is 5.73 Å². The summed E-state index contributed by atoms with van der Waals surface area (Å²) >= 11 is 0. The Morgan fingerprint density at radius 1 is 1.00 bits per heavy atom. The van der Waals surface area contributed by atoms with Crippen molar-refractivity contribution in [1.29, 1.82) is 0 Å². The number of amides is 2. The first kappa shape index (κ1) is 11.5. The minimum Gasteiger partial charge on any atom is -0.294 e. The lowest BCUT2D eigenvalue weighted by molar-refractivity contribution is 0.0994. The van der Waals surface area contributed by atoms with E-state index in [4.69, 9.17) is 5.73 Å². The fraction of sp³-hybridized carbons (Fsp3) is 0.0667. The average molecular weight is 251 g/mol. The number of fused-ring (bicyclic) bond motifs is 2. The first-order valence-corrected chi connectivity index (χ1v) is 5.94. The Balaban J connectivity index is 2.32. The fourth-order valence-electron chi connectivity index (χ4n) is 2.40. The predicted octanol–water partition coefficient (Wildman–Crippen LogP) is 2.97. The van der Waals surface area contributed by atoms with Gasteiger partial charge in [0.1, 0.15) is 0 Å². The Morgan fingerprint density at radius 2 is 1.63 bits per heavy atom. The third-order valence-electron chi connectivity index (χ3n) is 3.23. The van der Waals surface area contributed by atoms with Crippen molar-refractivity contribution in [3.63, 3.8) is 0 Å². The van der Waals surface area contributed by atoms with Gasteiger partial charge in [0.2, 0.25) is 0 Å². The van der Waals surface area contributed by atoms with Crippen LogP contribution in [0.1, 0.15) is 15.9 Å². The zero-order valence-electron chi connectivity index (χ0n) is 10.1. The lowest BCUT2D eigenvalue weighted by Crippen LogP contribution is -2.26. The Hall–Kier alpha value is -2.62. The van der Waals surface area contributed by atoms with Gasteiger partial charge in [-0.25, -0.2) is 10.5 Å². The van der Waals surface area contributed by atoms with Crippen LogP contribution in [0.2, 0.25) is 0 Å². The molecule has 1 heterocycles. The molecule has 4 nitrogen and oxygen atoms in total. The van der Waals surface area contributed by atoms with Crippen molar-refractivity contribution in [2.24, 2.45) is 0 Å². The largest absolute Gasteiger partial charge is 0.345 e. The molecule has 2 amide bonds. The SMILES string of the molecule is [NH]C(=O)N1c2ccccc2CC(=O)c2ccccc21. The van der Waals surface area contributed by atoms with Crippen LogP contribution in [0.5, 0.6) is 0 Å². The highest BCUT2D eigenvalue weighted by atomic mass is 16.2. The minimum absolute atomic E-state index is 0.0354. The number of hydrogen-bond acceptors (Lipinski definition) is 2. The van der Waals surface area contributed by atoms with Crippen LogP contribution in [-0.4, -0.2) is 11.8 Å². The highest BCUT2D eigenvalue weighted by Gasteiger charge is 2.27. The zero-order valence-corrected chi connectivity index (χ0v) is 10.1. The first-order chi connectivity index (χ1) is 9.18. The molecule has 0 unspecified atom stereocenters. The number of ketones is 1. The van der Waals surface area contributed by atoms with Gasteiger partial charge < -0.3 is 0 Å². The number of anilines is 2. The number of nitrogens with zero attached hydrogens (tertiary/aromatic N) is 1. The monoisotopic (exact) mass is 251 g/mol. The van der Waals surface area contributed by atoms with Crippen molar-refractivity contribution < 1.29 is 9.59 Å². The van der Waals surface area contributed by atoms with Crippen LogP contribution in [0, 0.1) is 0 Å². The molecule has 0 aliphatic carbocycles. The Morgan fingerprint density at radius 3 is 2.37 bits per heavy atom. The van der Waals surface area contributed by atoms with Crippen LogP contribution < -0.4 is 10.6 Å². The zero-order chi connectivity index (χ0) is 13.4. The lowest BCUT2D eigenvalue weighted by atomic mass is 10.0. The maximum Gasteiger partial charge on any atom is 0.345 e. The van der Waals surface area contributed by atoms with E-state index in [1.807, 2.05) is 12.1 Å². The molecular formula is C15H11N2O2. The summed E-state index contributed by atoms with van der Waals surface area (Å²) in [6, 6.07) is 13.3. The number of Topliss-reactive ketones (excluding diaryl/α,β-unsaturated/α-hetero) is 1. The van der Waals surface area contributed by atoms with Crippen molar-refractivity contribution >= 4 is 23.2 Å². The summed E-state index contributed by atoms with van der Waals surface area (Å²) in [5, 5.41) is 0. The van der Waals surface area contributed by atoms with Gasteiger partial charge in [-0.1, -0.05) is 30.3 Å². The Labute approximate surface area is 110 Å². The summed E-state index contributed by atoms with van der Waals surface area (Å²) in [7, 11) is 0. The highest BCUT2D eigenvalue weighted by molar-refractivity contribution is 6.11. The van der Waals surface area contributed by atoms with E-state index in [9.17, 15) is 9.59 Å². The van der Waals surface area contributed by atoms with Gasteiger partial charge in [0.25, 0.3) is 0 Å². The molecule has 93 valence electrons. The maximum absolute atomic E-state index is 12.2. The summed E-state index contributed by atoms with van der Waals surface area (Å²) in [5.74, 6) is -0.0354. The molecule has 19 heavy (non-hydrogen) atoms. The molecule has 0 aromatic heterocycles. The number of carbonyl (C=O) groups is 2. The number of para-hydroxylation sites is 2. The van der Waals surface area contributed by atoms with Crippen molar-refractivity contribution in [3.05, 3.63) is 59.7 Å². The van der Waals surface area contributed by atoms with E-state index in [0.29, 0.717) is 16.9 Å². The van der Waals surface area contributed by atoms with E-state index in [2.05, 4.69) is 0 Å². The second-order valence-corrected chi connectivity index (χ2v) is 4.39. The van der Waals surface area contributed by atoms with Crippen LogP contribution in [0.3, 0.4) is 0 Å². The summed E-state index contributed by atoms with van der Waals surface area (Å²) < 4.78 is 0. The van der Waals surface area contributed by atoms with Crippen LogP contribution >= 0.6 is 0 Å². The van der Waals surface area contributed by atoms with Gasteiger partial charge in [0, 0.05) is 12.0 Å². The van der Waals surface area contributed by atoms with Crippen molar-refractivity contribution in [3.8, 4) is 0 Å². The van der Waals surface area contributed by atoms with E-state index in [-0.39, 0.29) is 12.2 Å². The molecule has 1 aliphatic heterocycles. The summed E-state index contributed by atoms with van der Waals surface area (Å²) in [5.41, 5.74) is 9.82. The van der Waals surface area contributed by atoms with Gasteiger partial charge in [-0.15, -0.1) is 0 Å². The third kappa shape index (κ3) is 1.78. The second kappa shape index (κ2) is 4.24.